The molecule has 0 fully saturated rings. The van der Waals surface area contributed by atoms with E-state index >= 15 is 0 Å². The minimum Gasteiger partial charge on any atom is -0.458 e. The molecule has 0 aromatic heterocycles. The van der Waals surface area contributed by atoms with Crippen LogP contribution in [0.15, 0.2) is 24.4 Å². The van der Waals surface area contributed by atoms with Gasteiger partial charge >= 0.3 is 0 Å². The first-order valence-electron chi connectivity index (χ1n) is 2.09. The Morgan fingerprint density at radius 3 is 3.00 bits per heavy atom. The van der Waals surface area contributed by atoms with Gasteiger partial charge in [0.05, 0.1) is 0 Å². The fraction of sp³-hybridized carbons (Fsp3) is 0. The lowest BCUT2D eigenvalue weighted by molar-refractivity contribution is 0.357. The van der Waals surface area contributed by atoms with Crippen LogP contribution in [-0.4, -0.2) is 6.29 Å². The van der Waals surface area contributed by atoms with Crippen LogP contribution >= 0.6 is 0 Å². The highest BCUT2D eigenvalue weighted by atomic mass is 16.5. The molecule has 41 valence electrons. The third kappa shape index (κ3) is 0.872. The van der Waals surface area contributed by atoms with Crippen molar-refractivity contribution in [2.75, 3.05) is 0 Å². The van der Waals surface area contributed by atoms with Crippen LogP contribution in [0.4, 0.5) is 0 Å². The molecule has 3 heteroatoms. The fourth-order valence-corrected chi connectivity index (χ4v) is 0.358. The van der Waals surface area contributed by atoms with Crippen molar-refractivity contribution in [1.29, 1.82) is 0 Å². The lowest BCUT2D eigenvalue weighted by Gasteiger charge is -2.01. The number of allylic oxidation sites excluding steroid dienone is 1. The predicted octanol–water partition coefficient (Wildman–Crippen LogP) is 0.0285. The van der Waals surface area contributed by atoms with E-state index in [9.17, 15) is 4.79 Å². The molecule has 0 aliphatic carbocycles. The van der Waals surface area contributed by atoms with Gasteiger partial charge in [-0.2, -0.15) is 0 Å². The van der Waals surface area contributed by atoms with Gasteiger partial charge in [0.25, 0.3) is 6.29 Å². The first-order chi connectivity index (χ1) is 3.93. The standard InChI is InChI=1S/C5H4NO2/c7-4-5-3-6-1-2-8-5/h1-3,6H. The molecule has 8 heavy (non-hydrogen) atoms. The molecule has 1 aliphatic rings. The largest absolute Gasteiger partial charge is 0.458 e. The Labute approximate surface area is 46.6 Å². The summed E-state index contributed by atoms with van der Waals surface area (Å²) in [4.78, 5) is 9.77. The maximum absolute atomic E-state index is 9.77. The molecule has 1 radical (unpaired) electrons. The summed E-state index contributed by atoms with van der Waals surface area (Å²) in [5.74, 6) is 0.174. The number of carbonyl (C=O) groups excluding carboxylic acids is 1. The normalized spacial score (nSPS) is 15.8. The van der Waals surface area contributed by atoms with Gasteiger partial charge in [-0.05, 0) is 0 Å². The van der Waals surface area contributed by atoms with Crippen molar-refractivity contribution >= 4 is 6.29 Å². The third-order valence-electron chi connectivity index (χ3n) is 0.674. The molecular formula is C5H4NO2. The summed E-state index contributed by atoms with van der Waals surface area (Å²) in [5, 5.41) is 2.66. The molecule has 1 aliphatic heterocycles. The zero-order valence-corrected chi connectivity index (χ0v) is 4.05. The Kier molecular flexibility index (Phi) is 1.32. The van der Waals surface area contributed by atoms with E-state index in [1.54, 1.807) is 12.5 Å². The van der Waals surface area contributed by atoms with E-state index < -0.39 is 0 Å². The van der Waals surface area contributed by atoms with Crippen LogP contribution in [-0.2, 0) is 9.53 Å². The van der Waals surface area contributed by atoms with Crippen molar-refractivity contribution < 1.29 is 9.53 Å². The quantitative estimate of drug-likeness (QED) is 0.517. The molecule has 0 unspecified atom stereocenters. The maximum atomic E-state index is 9.77. The van der Waals surface area contributed by atoms with Crippen LogP contribution in [0.1, 0.15) is 0 Å². The smallest absolute Gasteiger partial charge is 0.273 e. The number of hydrogen-bond donors (Lipinski definition) is 1. The Morgan fingerprint density at radius 2 is 2.62 bits per heavy atom. The second kappa shape index (κ2) is 2.16. The SMILES string of the molecule is O=[C]C1=CNC=CO1. The van der Waals surface area contributed by atoms with Crippen molar-refractivity contribution in [3.63, 3.8) is 0 Å². The Hall–Kier alpha value is -1.25. The summed E-state index contributed by atoms with van der Waals surface area (Å²) in [5.41, 5.74) is 0. The Bertz CT molecular complexity index is 149. The first kappa shape index (κ1) is 4.90. The molecule has 0 bridgehead atoms. The Balaban J connectivity index is 2.55. The zero-order chi connectivity index (χ0) is 5.82. The molecule has 1 heterocycles. The number of nitrogens with one attached hydrogen (secondary N) is 1. The van der Waals surface area contributed by atoms with E-state index in [4.69, 9.17) is 0 Å². The molecule has 1 rings (SSSR count). The molecule has 3 nitrogen and oxygen atoms in total. The maximum Gasteiger partial charge on any atom is 0.273 e. The van der Waals surface area contributed by atoms with Crippen molar-refractivity contribution in [1.82, 2.24) is 5.32 Å². The van der Waals surface area contributed by atoms with E-state index in [1.165, 1.54) is 12.5 Å². The number of ether oxygens (including phenoxy) is 1. The van der Waals surface area contributed by atoms with Gasteiger partial charge in [-0.3, -0.25) is 4.79 Å². The molecule has 0 spiro atoms. The summed E-state index contributed by atoms with van der Waals surface area (Å²) >= 11 is 0. The van der Waals surface area contributed by atoms with Crippen molar-refractivity contribution in [2.24, 2.45) is 0 Å². The van der Waals surface area contributed by atoms with Gasteiger partial charge in [-0.1, -0.05) is 0 Å². The van der Waals surface area contributed by atoms with Crippen LogP contribution in [0.25, 0.3) is 0 Å². The highest BCUT2D eigenvalue weighted by Gasteiger charge is 1.95. The molecule has 0 saturated carbocycles. The lowest BCUT2D eigenvalue weighted by Crippen LogP contribution is -2.03. The molecule has 0 amide bonds. The van der Waals surface area contributed by atoms with Gasteiger partial charge in [-0.25, -0.2) is 0 Å². The van der Waals surface area contributed by atoms with E-state index in [1.807, 2.05) is 0 Å². The minimum atomic E-state index is 0.174. The molecule has 0 atom stereocenters. The van der Waals surface area contributed by atoms with Gasteiger partial charge in [0, 0.05) is 12.4 Å². The molecule has 0 saturated heterocycles. The molecule has 0 aromatic carbocycles. The van der Waals surface area contributed by atoms with Crippen molar-refractivity contribution in [2.45, 2.75) is 0 Å². The third-order valence-corrected chi connectivity index (χ3v) is 0.674. The van der Waals surface area contributed by atoms with Crippen LogP contribution in [0.2, 0.25) is 0 Å². The summed E-state index contributed by atoms with van der Waals surface area (Å²) < 4.78 is 4.62. The van der Waals surface area contributed by atoms with Crippen LogP contribution in [0, 0.1) is 0 Å². The monoisotopic (exact) mass is 110 g/mol. The van der Waals surface area contributed by atoms with Gasteiger partial charge in [0.1, 0.15) is 6.26 Å². The van der Waals surface area contributed by atoms with Gasteiger partial charge in [-0.15, -0.1) is 0 Å². The zero-order valence-electron chi connectivity index (χ0n) is 4.05. The first-order valence-corrected chi connectivity index (χ1v) is 2.09. The van der Waals surface area contributed by atoms with E-state index in [-0.39, 0.29) is 5.76 Å². The molecule has 0 aromatic rings. The second-order valence-electron chi connectivity index (χ2n) is 1.20. The van der Waals surface area contributed by atoms with Gasteiger partial charge in [0.15, 0.2) is 5.76 Å². The van der Waals surface area contributed by atoms with Gasteiger partial charge < -0.3 is 10.1 Å². The average Bonchev–Trinajstić information content (AvgIpc) is 1.90. The summed E-state index contributed by atoms with van der Waals surface area (Å²) in [6.07, 6.45) is 5.95. The minimum absolute atomic E-state index is 0.174. The Morgan fingerprint density at radius 1 is 1.75 bits per heavy atom. The molecular weight excluding hydrogens is 106 g/mol. The predicted molar refractivity (Wildman–Crippen MR) is 27.1 cm³/mol. The highest BCUT2D eigenvalue weighted by Crippen LogP contribution is 1.94. The second-order valence-corrected chi connectivity index (χ2v) is 1.20. The van der Waals surface area contributed by atoms with E-state index in [2.05, 4.69) is 10.1 Å². The summed E-state index contributed by atoms with van der Waals surface area (Å²) in [6.45, 7) is 0. The van der Waals surface area contributed by atoms with Crippen LogP contribution < -0.4 is 5.32 Å². The lowest BCUT2D eigenvalue weighted by atomic mass is 10.5. The summed E-state index contributed by atoms with van der Waals surface area (Å²) in [6, 6.07) is 0. The average molecular weight is 110 g/mol. The van der Waals surface area contributed by atoms with Crippen molar-refractivity contribution in [3.05, 3.63) is 24.4 Å². The van der Waals surface area contributed by atoms with Gasteiger partial charge in [0.2, 0.25) is 0 Å². The molecule has 1 N–H and O–H groups in total. The fourth-order valence-electron chi connectivity index (χ4n) is 0.358. The number of rotatable bonds is 1. The van der Waals surface area contributed by atoms with Crippen LogP contribution in [0.5, 0.6) is 0 Å². The summed E-state index contributed by atoms with van der Waals surface area (Å²) in [7, 11) is 0. The van der Waals surface area contributed by atoms with E-state index in [0.29, 0.717) is 0 Å². The van der Waals surface area contributed by atoms with Crippen LogP contribution in [0.3, 0.4) is 0 Å². The topological polar surface area (TPSA) is 38.3 Å². The highest BCUT2D eigenvalue weighted by molar-refractivity contribution is 5.71. The van der Waals surface area contributed by atoms with Crippen molar-refractivity contribution in [3.8, 4) is 0 Å². The van der Waals surface area contributed by atoms with E-state index in [0.717, 1.165) is 0 Å². The number of hydrogen-bond acceptors (Lipinski definition) is 3.